The first-order valence-corrected chi connectivity index (χ1v) is 7.42. The van der Waals surface area contributed by atoms with Gasteiger partial charge in [0.2, 0.25) is 0 Å². The molecule has 0 heterocycles. The topological polar surface area (TPSA) is 29.3 Å². The smallest absolute Gasteiger partial charge is 0.0463 e. The summed E-state index contributed by atoms with van der Waals surface area (Å²) >= 11 is 0. The van der Waals surface area contributed by atoms with Crippen LogP contribution in [0.15, 0.2) is 72.8 Å². The van der Waals surface area contributed by atoms with Crippen molar-refractivity contribution in [2.75, 3.05) is 10.6 Å². The summed E-state index contributed by atoms with van der Waals surface area (Å²) in [5.41, 5.74) is 12.5. The van der Waals surface area contributed by atoms with Crippen molar-refractivity contribution < 1.29 is 0 Å². The monoisotopic (exact) mass is 288 g/mol. The van der Waals surface area contributed by atoms with Gasteiger partial charge < -0.3 is 10.6 Å². The molecule has 22 heavy (non-hydrogen) atoms. The number of nitrogen functional groups attached to an aromatic ring is 1. The molecule has 0 amide bonds. The minimum Gasteiger partial charge on any atom is -0.399 e. The zero-order valence-electron chi connectivity index (χ0n) is 13.0. The summed E-state index contributed by atoms with van der Waals surface area (Å²) in [5.74, 6) is 0. The molecule has 2 heteroatoms. The second-order valence-electron chi connectivity index (χ2n) is 5.60. The summed E-state index contributed by atoms with van der Waals surface area (Å²) in [6.45, 7) is 4.20. The third-order valence-corrected chi connectivity index (χ3v) is 3.74. The van der Waals surface area contributed by atoms with Crippen LogP contribution in [0.25, 0.3) is 0 Å². The first kappa shape index (κ1) is 14.2. The number of hydrogen-bond donors (Lipinski definition) is 1. The van der Waals surface area contributed by atoms with Crippen molar-refractivity contribution in [3.8, 4) is 0 Å². The van der Waals surface area contributed by atoms with E-state index in [0.717, 1.165) is 22.7 Å². The number of aryl methyl sites for hydroxylation is 2. The molecule has 0 fully saturated rings. The lowest BCUT2D eigenvalue weighted by molar-refractivity contribution is 1.27. The summed E-state index contributed by atoms with van der Waals surface area (Å²) in [5, 5.41) is 0. The van der Waals surface area contributed by atoms with Gasteiger partial charge in [-0.25, -0.2) is 0 Å². The van der Waals surface area contributed by atoms with E-state index in [-0.39, 0.29) is 0 Å². The van der Waals surface area contributed by atoms with Crippen LogP contribution in [0.3, 0.4) is 0 Å². The van der Waals surface area contributed by atoms with Gasteiger partial charge in [-0.3, -0.25) is 0 Å². The molecule has 0 unspecified atom stereocenters. The Morgan fingerprint density at radius 2 is 0.864 bits per heavy atom. The Bertz CT molecular complexity index is 633. The van der Waals surface area contributed by atoms with E-state index >= 15 is 0 Å². The van der Waals surface area contributed by atoms with E-state index in [1.807, 2.05) is 12.1 Å². The quantitative estimate of drug-likeness (QED) is 0.658. The number of anilines is 4. The molecule has 0 spiro atoms. The molecule has 2 nitrogen and oxygen atoms in total. The van der Waals surface area contributed by atoms with Gasteiger partial charge >= 0.3 is 0 Å². The van der Waals surface area contributed by atoms with Gasteiger partial charge in [0.25, 0.3) is 0 Å². The number of hydrogen-bond acceptors (Lipinski definition) is 2. The van der Waals surface area contributed by atoms with Crippen molar-refractivity contribution in [2.45, 2.75) is 13.8 Å². The van der Waals surface area contributed by atoms with Gasteiger partial charge in [0.1, 0.15) is 0 Å². The second kappa shape index (κ2) is 5.94. The van der Waals surface area contributed by atoms with E-state index in [2.05, 4.69) is 79.4 Å². The zero-order chi connectivity index (χ0) is 15.5. The van der Waals surface area contributed by atoms with Crippen LogP contribution in [0.2, 0.25) is 0 Å². The third kappa shape index (κ3) is 2.96. The van der Waals surface area contributed by atoms with Crippen molar-refractivity contribution in [1.82, 2.24) is 0 Å². The minimum atomic E-state index is 0.775. The maximum atomic E-state index is 5.83. The van der Waals surface area contributed by atoms with Crippen LogP contribution in [-0.4, -0.2) is 0 Å². The summed E-state index contributed by atoms with van der Waals surface area (Å²) in [6, 6.07) is 25.1. The molecule has 0 aliphatic rings. The highest BCUT2D eigenvalue weighted by Gasteiger charge is 2.11. The Hall–Kier alpha value is -2.74. The molecule has 0 aliphatic carbocycles. The number of nitrogens with two attached hydrogens (primary N) is 1. The minimum absolute atomic E-state index is 0.775. The lowest BCUT2D eigenvalue weighted by atomic mass is 10.1. The van der Waals surface area contributed by atoms with Crippen LogP contribution in [0.4, 0.5) is 22.7 Å². The van der Waals surface area contributed by atoms with Crippen LogP contribution in [0.1, 0.15) is 11.1 Å². The average molecular weight is 288 g/mol. The molecule has 110 valence electrons. The molecule has 3 aromatic rings. The molecule has 0 radical (unpaired) electrons. The van der Waals surface area contributed by atoms with Crippen LogP contribution in [0.5, 0.6) is 0 Å². The van der Waals surface area contributed by atoms with Gasteiger partial charge in [0.05, 0.1) is 0 Å². The van der Waals surface area contributed by atoms with E-state index in [1.54, 1.807) is 0 Å². The predicted octanol–water partition coefficient (Wildman–Crippen LogP) is 5.36. The van der Waals surface area contributed by atoms with Gasteiger partial charge in [0.15, 0.2) is 0 Å². The Balaban J connectivity index is 2.10. The molecule has 0 aromatic heterocycles. The first-order chi connectivity index (χ1) is 10.6. The van der Waals surface area contributed by atoms with Crippen molar-refractivity contribution in [2.24, 2.45) is 0 Å². The highest BCUT2D eigenvalue weighted by molar-refractivity contribution is 5.77. The molecule has 0 saturated carbocycles. The Labute approximate surface area is 131 Å². The maximum Gasteiger partial charge on any atom is 0.0463 e. The standard InChI is InChI=1S/C20H20N2/c1-15-3-9-18(10-4-15)22(19-11-5-16(2)6-12-19)20-13-7-17(21)8-14-20/h3-14H,21H2,1-2H3. The predicted molar refractivity (Wildman–Crippen MR) is 95.0 cm³/mol. The van der Waals surface area contributed by atoms with Crippen LogP contribution < -0.4 is 10.6 Å². The Morgan fingerprint density at radius 3 is 1.23 bits per heavy atom. The largest absolute Gasteiger partial charge is 0.399 e. The molecule has 0 atom stereocenters. The lowest BCUT2D eigenvalue weighted by Gasteiger charge is -2.25. The number of rotatable bonds is 3. The zero-order valence-corrected chi connectivity index (χ0v) is 13.0. The molecule has 0 bridgehead atoms. The summed E-state index contributed by atoms with van der Waals surface area (Å²) in [4.78, 5) is 2.23. The van der Waals surface area contributed by atoms with E-state index < -0.39 is 0 Å². The molecule has 0 saturated heterocycles. The number of benzene rings is 3. The molecule has 3 aromatic carbocycles. The summed E-state index contributed by atoms with van der Waals surface area (Å²) in [7, 11) is 0. The molecular formula is C20H20N2. The number of nitrogens with zero attached hydrogens (tertiary/aromatic N) is 1. The van der Waals surface area contributed by atoms with Gasteiger partial charge in [-0.2, -0.15) is 0 Å². The third-order valence-electron chi connectivity index (χ3n) is 3.74. The molecule has 2 N–H and O–H groups in total. The fourth-order valence-corrected chi connectivity index (χ4v) is 2.46. The van der Waals surface area contributed by atoms with Crippen molar-refractivity contribution in [3.05, 3.63) is 83.9 Å². The van der Waals surface area contributed by atoms with Gasteiger partial charge in [0, 0.05) is 22.7 Å². The van der Waals surface area contributed by atoms with Crippen LogP contribution >= 0.6 is 0 Å². The highest BCUT2D eigenvalue weighted by Crippen LogP contribution is 2.34. The van der Waals surface area contributed by atoms with E-state index in [1.165, 1.54) is 11.1 Å². The maximum absolute atomic E-state index is 5.83. The van der Waals surface area contributed by atoms with Crippen molar-refractivity contribution >= 4 is 22.7 Å². The lowest BCUT2D eigenvalue weighted by Crippen LogP contribution is -2.09. The second-order valence-corrected chi connectivity index (χ2v) is 5.60. The average Bonchev–Trinajstić information content (AvgIpc) is 2.53. The van der Waals surface area contributed by atoms with Gasteiger partial charge in [-0.15, -0.1) is 0 Å². The highest BCUT2D eigenvalue weighted by atomic mass is 15.1. The van der Waals surface area contributed by atoms with E-state index in [9.17, 15) is 0 Å². The van der Waals surface area contributed by atoms with E-state index in [4.69, 9.17) is 5.73 Å². The normalized spacial score (nSPS) is 10.5. The Morgan fingerprint density at radius 1 is 0.545 bits per heavy atom. The molecular weight excluding hydrogens is 268 g/mol. The fourth-order valence-electron chi connectivity index (χ4n) is 2.46. The SMILES string of the molecule is Cc1ccc(N(c2ccc(C)cc2)c2ccc(N)cc2)cc1. The van der Waals surface area contributed by atoms with Crippen molar-refractivity contribution in [3.63, 3.8) is 0 Å². The van der Waals surface area contributed by atoms with Crippen molar-refractivity contribution in [1.29, 1.82) is 0 Å². The Kier molecular flexibility index (Phi) is 3.84. The van der Waals surface area contributed by atoms with Crippen LogP contribution in [-0.2, 0) is 0 Å². The van der Waals surface area contributed by atoms with Gasteiger partial charge in [-0.1, -0.05) is 35.4 Å². The van der Waals surface area contributed by atoms with E-state index in [0.29, 0.717) is 0 Å². The van der Waals surface area contributed by atoms with Crippen LogP contribution in [0, 0.1) is 13.8 Å². The summed E-state index contributed by atoms with van der Waals surface area (Å²) in [6.07, 6.45) is 0. The molecule has 3 rings (SSSR count). The fraction of sp³-hybridized carbons (Fsp3) is 0.100. The van der Waals surface area contributed by atoms with Gasteiger partial charge in [-0.05, 0) is 62.4 Å². The summed E-state index contributed by atoms with van der Waals surface area (Å²) < 4.78 is 0. The first-order valence-electron chi connectivity index (χ1n) is 7.42. The molecule has 0 aliphatic heterocycles.